The van der Waals surface area contributed by atoms with Crippen LogP contribution < -0.4 is 5.32 Å². The molecule has 0 bridgehead atoms. The first kappa shape index (κ1) is 12.3. The van der Waals surface area contributed by atoms with Gasteiger partial charge in [-0.25, -0.2) is 9.78 Å². The van der Waals surface area contributed by atoms with Crippen LogP contribution in [0.25, 0.3) is 0 Å². The highest BCUT2D eigenvalue weighted by atomic mass is 32.1. The van der Waals surface area contributed by atoms with E-state index < -0.39 is 5.97 Å². The summed E-state index contributed by atoms with van der Waals surface area (Å²) in [6.45, 7) is 6.46. The second-order valence-corrected chi connectivity index (χ2v) is 5.13. The third-order valence-corrected chi connectivity index (χ3v) is 3.88. The lowest BCUT2D eigenvalue weighted by Crippen LogP contribution is -2.22. The van der Waals surface area contributed by atoms with Crippen molar-refractivity contribution in [3.8, 4) is 0 Å². The molecule has 0 saturated carbocycles. The minimum atomic E-state index is -0.965. The van der Waals surface area contributed by atoms with E-state index in [1.807, 2.05) is 0 Å². The van der Waals surface area contributed by atoms with Gasteiger partial charge in [0.05, 0.1) is 0 Å². The maximum Gasteiger partial charge on any atom is 0.355 e. The van der Waals surface area contributed by atoms with E-state index in [1.54, 1.807) is 5.38 Å². The van der Waals surface area contributed by atoms with Crippen molar-refractivity contribution in [2.75, 3.05) is 31.5 Å². The molecule has 6 heteroatoms. The van der Waals surface area contributed by atoms with Gasteiger partial charge in [-0.3, -0.25) is 0 Å². The Labute approximate surface area is 104 Å². The van der Waals surface area contributed by atoms with Gasteiger partial charge in [-0.15, -0.1) is 11.3 Å². The second kappa shape index (κ2) is 5.46. The number of carboxylic acids is 1. The molecule has 1 saturated heterocycles. The van der Waals surface area contributed by atoms with Gasteiger partial charge in [-0.1, -0.05) is 6.92 Å². The van der Waals surface area contributed by atoms with Crippen molar-refractivity contribution in [1.29, 1.82) is 0 Å². The third kappa shape index (κ3) is 3.17. The lowest BCUT2D eigenvalue weighted by atomic mass is 10.1. The summed E-state index contributed by atoms with van der Waals surface area (Å²) in [6, 6.07) is 0. The smallest absolute Gasteiger partial charge is 0.355 e. The highest BCUT2D eigenvalue weighted by molar-refractivity contribution is 7.13. The van der Waals surface area contributed by atoms with Gasteiger partial charge >= 0.3 is 5.97 Å². The molecule has 0 aliphatic carbocycles. The van der Waals surface area contributed by atoms with Crippen molar-refractivity contribution in [3.05, 3.63) is 11.1 Å². The zero-order valence-electron chi connectivity index (χ0n) is 9.85. The molecular formula is C11H17N3O2S. The maximum atomic E-state index is 10.7. The molecule has 1 aliphatic rings. The number of hydrogen-bond acceptors (Lipinski definition) is 5. The van der Waals surface area contributed by atoms with Gasteiger partial charge in [0.1, 0.15) is 0 Å². The Balaban J connectivity index is 1.80. The van der Waals surface area contributed by atoms with Crippen LogP contribution in [0.4, 0.5) is 5.13 Å². The van der Waals surface area contributed by atoms with Gasteiger partial charge < -0.3 is 15.3 Å². The summed E-state index contributed by atoms with van der Waals surface area (Å²) < 4.78 is 0. The molecule has 1 unspecified atom stereocenters. The molecule has 5 nitrogen and oxygen atoms in total. The highest BCUT2D eigenvalue weighted by Crippen LogP contribution is 2.19. The molecule has 1 aliphatic heterocycles. The summed E-state index contributed by atoms with van der Waals surface area (Å²) >= 11 is 1.35. The zero-order chi connectivity index (χ0) is 12.3. The lowest BCUT2D eigenvalue weighted by Gasteiger charge is -2.13. The normalized spacial score (nSPS) is 20.6. The van der Waals surface area contributed by atoms with Gasteiger partial charge in [-0.05, 0) is 25.4 Å². The first-order valence-electron chi connectivity index (χ1n) is 5.84. The van der Waals surface area contributed by atoms with Crippen LogP contribution in [0.5, 0.6) is 0 Å². The Morgan fingerprint density at radius 1 is 1.76 bits per heavy atom. The summed E-state index contributed by atoms with van der Waals surface area (Å²) in [5.41, 5.74) is 0.124. The van der Waals surface area contributed by atoms with E-state index in [9.17, 15) is 4.79 Å². The molecule has 1 aromatic heterocycles. The largest absolute Gasteiger partial charge is 0.476 e. The van der Waals surface area contributed by atoms with Gasteiger partial charge in [0, 0.05) is 18.5 Å². The van der Waals surface area contributed by atoms with Crippen LogP contribution in [-0.4, -0.2) is 47.1 Å². The van der Waals surface area contributed by atoms with Crippen LogP contribution in [-0.2, 0) is 0 Å². The molecule has 0 spiro atoms. The van der Waals surface area contributed by atoms with Crippen LogP contribution in [0.3, 0.4) is 0 Å². The Kier molecular flexibility index (Phi) is 3.96. The number of rotatable bonds is 5. The fourth-order valence-electron chi connectivity index (χ4n) is 2.05. The number of nitrogens with one attached hydrogen (secondary N) is 1. The lowest BCUT2D eigenvalue weighted by molar-refractivity contribution is 0.0691. The predicted octanol–water partition coefficient (Wildman–Crippen LogP) is 1.59. The van der Waals surface area contributed by atoms with E-state index in [0.29, 0.717) is 11.0 Å². The SMILES string of the molecule is CCN1CCC(CNc2nc(C(=O)O)cs2)C1. The van der Waals surface area contributed by atoms with Crippen molar-refractivity contribution in [3.63, 3.8) is 0 Å². The van der Waals surface area contributed by atoms with E-state index in [4.69, 9.17) is 5.11 Å². The zero-order valence-corrected chi connectivity index (χ0v) is 10.7. The van der Waals surface area contributed by atoms with Crippen LogP contribution in [0, 0.1) is 5.92 Å². The number of anilines is 1. The Hall–Kier alpha value is -1.14. The maximum absolute atomic E-state index is 10.7. The van der Waals surface area contributed by atoms with E-state index in [-0.39, 0.29) is 5.69 Å². The molecule has 2 heterocycles. The molecule has 1 atom stereocenters. The molecule has 2 N–H and O–H groups in total. The van der Waals surface area contributed by atoms with Gasteiger partial charge in [0.25, 0.3) is 0 Å². The molecule has 0 amide bonds. The number of likely N-dealkylation sites (tertiary alicyclic amines) is 1. The summed E-state index contributed by atoms with van der Waals surface area (Å²) in [6.07, 6.45) is 1.21. The molecule has 2 rings (SSSR count). The molecule has 17 heavy (non-hydrogen) atoms. The quantitative estimate of drug-likeness (QED) is 0.836. The first-order chi connectivity index (χ1) is 8.19. The Morgan fingerprint density at radius 2 is 2.59 bits per heavy atom. The van der Waals surface area contributed by atoms with Crippen LogP contribution in [0.15, 0.2) is 5.38 Å². The second-order valence-electron chi connectivity index (χ2n) is 4.27. The highest BCUT2D eigenvalue weighted by Gasteiger charge is 2.21. The van der Waals surface area contributed by atoms with Crippen LogP contribution in [0.2, 0.25) is 0 Å². The Morgan fingerprint density at radius 3 is 3.18 bits per heavy atom. The molecule has 94 valence electrons. The number of hydrogen-bond donors (Lipinski definition) is 2. The molecular weight excluding hydrogens is 238 g/mol. The molecule has 0 aromatic carbocycles. The van der Waals surface area contributed by atoms with E-state index in [0.717, 1.165) is 19.6 Å². The average molecular weight is 255 g/mol. The molecule has 1 fully saturated rings. The van der Waals surface area contributed by atoms with Crippen molar-refractivity contribution < 1.29 is 9.90 Å². The van der Waals surface area contributed by atoms with Gasteiger partial charge in [0.15, 0.2) is 10.8 Å². The number of carbonyl (C=O) groups is 1. The number of nitrogens with zero attached hydrogens (tertiary/aromatic N) is 2. The summed E-state index contributed by atoms with van der Waals surface area (Å²) in [5.74, 6) is -0.320. The van der Waals surface area contributed by atoms with E-state index in [2.05, 4.69) is 22.1 Å². The summed E-state index contributed by atoms with van der Waals surface area (Å²) in [4.78, 5) is 17.1. The van der Waals surface area contributed by atoms with Crippen LogP contribution in [0.1, 0.15) is 23.8 Å². The van der Waals surface area contributed by atoms with Crippen molar-refractivity contribution in [2.45, 2.75) is 13.3 Å². The molecule has 1 aromatic rings. The number of carboxylic acid groups (broad SMARTS) is 1. The third-order valence-electron chi connectivity index (χ3n) is 3.08. The van der Waals surface area contributed by atoms with Crippen molar-refractivity contribution >= 4 is 22.4 Å². The average Bonchev–Trinajstić information content (AvgIpc) is 2.95. The van der Waals surface area contributed by atoms with E-state index >= 15 is 0 Å². The van der Waals surface area contributed by atoms with E-state index in [1.165, 1.54) is 24.3 Å². The summed E-state index contributed by atoms with van der Waals surface area (Å²) in [7, 11) is 0. The number of thiazole rings is 1. The monoisotopic (exact) mass is 255 g/mol. The molecule has 0 radical (unpaired) electrons. The van der Waals surface area contributed by atoms with Crippen LogP contribution >= 0.6 is 11.3 Å². The number of aromatic carboxylic acids is 1. The number of aromatic nitrogens is 1. The fraction of sp³-hybridized carbons (Fsp3) is 0.636. The Bertz CT molecular complexity index is 394. The first-order valence-corrected chi connectivity index (χ1v) is 6.72. The minimum absolute atomic E-state index is 0.124. The van der Waals surface area contributed by atoms with Gasteiger partial charge in [0.2, 0.25) is 0 Å². The van der Waals surface area contributed by atoms with Crippen molar-refractivity contribution in [2.24, 2.45) is 5.92 Å². The van der Waals surface area contributed by atoms with Crippen molar-refractivity contribution in [1.82, 2.24) is 9.88 Å². The standard InChI is InChI=1S/C11H17N3O2S/c1-2-14-4-3-8(6-14)5-12-11-13-9(7-17-11)10(15)16/h7-8H,2-6H2,1H3,(H,12,13)(H,15,16). The summed E-state index contributed by atoms with van der Waals surface area (Å²) in [5, 5.41) is 14.3. The topological polar surface area (TPSA) is 65.5 Å². The minimum Gasteiger partial charge on any atom is -0.476 e. The fourth-order valence-corrected chi connectivity index (χ4v) is 2.75. The van der Waals surface area contributed by atoms with Gasteiger partial charge in [-0.2, -0.15) is 0 Å². The predicted molar refractivity (Wildman–Crippen MR) is 67.8 cm³/mol.